The Morgan fingerprint density at radius 2 is 2.12 bits per heavy atom. The van der Waals surface area contributed by atoms with Gasteiger partial charge in [-0.2, -0.15) is 0 Å². The zero-order valence-electron chi connectivity index (χ0n) is 11.0. The second kappa shape index (κ2) is 4.52. The van der Waals surface area contributed by atoms with E-state index < -0.39 is 0 Å². The molecule has 0 amide bonds. The molecule has 92 valence electrons. The van der Waals surface area contributed by atoms with Gasteiger partial charge in [0.2, 0.25) is 0 Å². The van der Waals surface area contributed by atoms with Gasteiger partial charge in [0.05, 0.1) is 6.10 Å². The molecule has 1 heteroatoms. The molecule has 1 saturated carbocycles. The molecule has 0 spiro atoms. The lowest BCUT2D eigenvalue weighted by Crippen LogP contribution is -2.26. The molecule has 1 fully saturated rings. The third-order valence-electron chi connectivity index (χ3n) is 5.12. The van der Waals surface area contributed by atoms with Crippen LogP contribution in [0.5, 0.6) is 0 Å². The van der Waals surface area contributed by atoms with Crippen LogP contribution in [0.25, 0.3) is 0 Å². The first-order valence-electron chi connectivity index (χ1n) is 6.85. The molecule has 2 rings (SSSR count). The van der Waals surface area contributed by atoms with E-state index in [1.165, 1.54) is 25.7 Å². The van der Waals surface area contributed by atoms with E-state index in [-0.39, 0.29) is 6.10 Å². The summed E-state index contributed by atoms with van der Waals surface area (Å²) in [6.45, 7) is 7.04. The van der Waals surface area contributed by atoms with Gasteiger partial charge in [-0.05, 0) is 49.9 Å². The number of allylic oxidation sites excluding steroid dienone is 2. The molecule has 2 aliphatic carbocycles. The zero-order valence-corrected chi connectivity index (χ0v) is 11.0. The van der Waals surface area contributed by atoms with Crippen molar-refractivity contribution in [1.82, 2.24) is 0 Å². The molecule has 0 aromatic carbocycles. The number of rotatable bonds is 2. The molecule has 2 unspecified atom stereocenters. The lowest BCUT2D eigenvalue weighted by molar-refractivity contribution is 0.0846. The van der Waals surface area contributed by atoms with Crippen molar-refractivity contribution in [3.8, 4) is 0 Å². The van der Waals surface area contributed by atoms with Gasteiger partial charge >= 0.3 is 0 Å². The van der Waals surface area contributed by atoms with E-state index in [2.05, 4.69) is 26.8 Å². The maximum atomic E-state index is 9.72. The Hall–Kier alpha value is -0.300. The molecule has 0 saturated heterocycles. The lowest BCUT2D eigenvalue weighted by Gasteiger charge is -2.35. The van der Waals surface area contributed by atoms with Crippen molar-refractivity contribution in [2.45, 2.75) is 65.4 Å². The minimum atomic E-state index is -0.0164. The Kier molecular flexibility index (Phi) is 3.44. The molecule has 1 N–H and O–H groups in total. The molecule has 0 aromatic heterocycles. The highest BCUT2D eigenvalue weighted by molar-refractivity contribution is 5.18. The molecule has 0 bridgehead atoms. The van der Waals surface area contributed by atoms with Crippen LogP contribution in [-0.2, 0) is 0 Å². The molecule has 0 aromatic rings. The molecule has 16 heavy (non-hydrogen) atoms. The summed E-state index contributed by atoms with van der Waals surface area (Å²) in [7, 11) is 0. The second-order valence-corrected chi connectivity index (χ2v) is 6.46. The first-order chi connectivity index (χ1) is 7.50. The van der Waals surface area contributed by atoms with Gasteiger partial charge in [0.15, 0.2) is 0 Å². The quantitative estimate of drug-likeness (QED) is 0.702. The summed E-state index contributed by atoms with van der Waals surface area (Å²) in [6, 6.07) is 0. The van der Waals surface area contributed by atoms with E-state index in [0.717, 1.165) is 24.7 Å². The molecule has 0 radical (unpaired) electrons. The van der Waals surface area contributed by atoms with Crippen molar-refractivity contribution in [3.05, 3.63) is 11.6 Å². The molecule has 0 aliphatic heterocycles. The van der Waals surface area contributed by atoms with Crippen LogP contribution in [0.15, 0.2) is 11.6 Å². The predicted octanol–water partition coefficient (Wildman–Crippen LogP) is 3.92. The molecule has 0 heterocycles. The van der Waals surface area contributed by atoms with Crippen molar-refractivity contribution in [2.24, 2.45) is 17.3 Å². The summed E-state index contributed by atoms with van der Waals surface area (Å²) in [4.78, 5) is 0. The third kappa shape index (κ3) is 2.34. The van der Waals surface area contributed by atoms with Gasteiger partial charge in [0.1, 0.15) is 0 Å². The highest BCUT2D eigenvalue weighted by atomic mass is 16.3. The fourth-order valence-electron chi connectivity index (χ4n) is 3.47. The predicted molar refractivity (Wildman–Crippen MR) is 68.2 cm³/mol. The number of aliphatic hydroxyl groups is 1. The van der Waals surface area contributed by atoms with Crippen LogP contribution in [0.4, 0.5) is 0 Å². The van der Waals surface area contributed by atoms with Crippen LogP contribution in [0, 0.1) is 17.3 Å². The Balaban J connectivity index is 1.91. The smallest absolute Gasteiger partial charge is 0.0542 e. The van der Waals surface area contributed by atoms with Crippen molar-refractivity contribution in [2.75, 3.05) is 0 Å². The minimum Gasteiger partial charge on any atom is -0.393 e. The highest BCUT2D eigenvalue weighted by Crippen LogP contribution is 2.47. The number of hydrogen-bond acceptors (Lipinski definition) is 1. The average Bonchev–Trinajstić information content (AvgIpc) is 2.45. The van der Waals surface area contributed by atoms with E-state index in [1.807, 2.05) is 0 Å². The van der Waals surface area contributed by atoms with Gasteiger partial charge in [0, 0.05) is 0 Å². The van der Waals surface area contributed by atoms with Gasteiger partial charge < -0.3 is 5.11 Å². The summed E-state index contributed by atoms with van der Waals surface area (Å²) < 4.78 is 0. The molecule has 3 atom stereocenters. The Morgan fingerprint density at radius 1 is 1.38 bits per heavy atom. The molecule has 2 aliphatic rings. The fourth-order valence-corrected chi connectivity index (χ4v) is 3.47. The zero-order chi connectivity index (χ0) is 11.8. The van der Waals surface area contributed by atoms with E-state index in [1.54, 1.807) is 5.57 Å². The Bertz CT molecular complexity index is 277. The Labute approximate surface area is 99.9 Å². The van der Waals surface area contributed by atoms with Crippen LogP contribution in [0.2, 0.25) is 0 Å². The monoisotopic (exact) mass is 222 g/mol. The second-order valence-electron chi connectivity index (χ2n) is 6.46. The molecular formula is C15H26O. The van der Waals surface area contributed by atoms with E-state index >= 15 is 0 Å². The summed E-state index contributed by atoms with van der Waals surface area (Å²) in [5.74, 6) is 1.58. The van der Waals surface area contributed by atoms with Crippen LogP contribution in [-0.4, -0.2) is 11.2 Å². The van der Waals surface area contributed by atoms with Gasteiger partial charge in [0.25, 0.3) is 0 Å². The largest absolute Gasteiger partial charge is 0.393 e. The standard InChI is InChI=1S/C15H26O/c1-11-7-8-13(15(11,2)3)9-12-5-4-6-14(16)10-12/h7,12-14,16H,4-6,8-10H2,1-3H3/t12?,13?,14-/m0/s1. The van der Waals surface area contributed by atoms with Crippen molar-refractivity contribution in [1.29, 1.82) is 0 Å². The average molecular weight is 222 g/mol. The van der Waals surface area contributed by atoms with Crippen LogP contribution >= 0.6 is 0 Å². The van der Waals surface area contributed by atoms with Gasteiger partial charge in [-0.15, -0.1) is 0 Å². The van der Waals surface area contributed by atoms with Crippen molar-refractivity contribution < 1.29 is 5.11 Å². The normalized spacial score (nSPS) is 38.5. The molecular weight excluding hydrogens is 196 g/mol. The topological polar surface area (TPSA) is 20.2 Å². The SMILES string of the molecule is CC1=CCC(CC2CCC[C@H](O)C2)C1(C)C. The van der Waals surface area contributed by atoms with Gasteiger partial charge in [-0.1, -0.05) is 38.3 Å². The van der Waals surface area contributed by atoms with Gasteiger partial charge in [-0.25, -0.2) is 0 Å². The highest BCUT2D eigenvalue weighted by Gasteiger charge is 2.36. The van der Waals surface area contributed by atoms with Crippen LogP contribution in [0.3, 0.4) is 0 Å². The minimum absolute atomic E-state index is 0.0164. The first kappa shape index (κ1) is 12.2. The lowest BCUT2D eigenvalue weighted by atomic mass is 9.71. The summed E-state index contributed by atoms with van der Waals surface area (Å²) in [6.07, 6.45) is 9.62. The molecule has 1 nitrogen and oxygen atoms in total. The van der Waals surface area contributed by atoms with Crippen LogP contribution in [0.1, 0.15) is 59.3 Å². The van der Waals surface area contributed by atoms with E-state index in [4.69, 9.17) is 0 Å². The number of hydrogen-bond donors (Lipinski definition) is 1. The maximum Gasteiger partial charge on any atom is 0.0542 e. The fraction of sp³-hybridized carbons (Fsp3) is 0.867. The van der Waals surface area contributed by atoms with Crippen molar-refractivity contribution in [3.63, 3.8) is 0 Å². The maximum absolute atomic E-state index is 9.72. The first-order valence-corrected chi connectivity index (χ1v) is 6.85. The van der Waals surface area contributed by atoms with E-state index in [9.17, 15) is 5.11 Å². The number of aliphatic hydroxyl groups excluding tert-OH is 1. The van der Waals surface area contributed by atoms with Gasteiger partial charge in [-0.3, -0.25) is 0 Å². The third-order valence-corrected chi connectivity index (χ3v) is 5.12. The Morgan fingerprint density at radius 3 is 2.69 bits per heavy atom. The summed E-state index contributed by atoms with van der Waals surface area (Å²) in [5, 5.41) is 9.72. The van der Waals surface area contributed by atoms with Crippen molar-refractivity contribution >= 4 is 0 Å². The summed E-state index contributed by atoms with van der Waals surface area (Å²) in [5.41, 5.74) is 1.96. The van der Waals surface area contributed by atoms with E-state index in [0.29, 0.717) is 5.41 Å². The summed E-state index contributed by atoms with van der Waals surface area (Å²) >= 11 is 0. The van der Waals surface area contributed by atoms with Crippen LogP contribution < -0.4 is 0 Å².